The van der Waals surface area contributed by atoms with Gasteiger partial charge in [0.2, 0.25) is 5.91 Å². The van der Waals surface area contributed by atoms with Gasteiger partial charge in [-0.1, -0.05) is 48.5 Å². The zero-order chi connectivity index (χ0) is 25.3. The smallest absolute Gasteiger partial charge is 0.407 e. The molecule has 0 saturated carbocycles. The third-order valence-electron chi connectivity index (χ3n) is 6.92. The van der Waals surface area contributed by atoms with Crippen molar-refractivity contribution in [3.8, 4) is 11.1 Å². The minimum atomic E-state index is -1.46. The predicted octanol–water partition coefficient (Wildman–Crippen LogP) is 3.28. The lowest BCUT2D eigenvalue weighted by molar-refractivity contribution is -0.147. The lowest BCUT2D eigenvalue weighted by Gasteiger charge is -2.41. The molecular formula is C26H32N2O6. The molecule has 2 amide bonds. The van der Waals surface area contributed by atoms with Crippen LogP contribution in [0.3, 0.4) is 0 Å². The van der Waals surface area contributed by atoms with Crippen LogP contribution < -0.4 is 10.6 Å². The third-order valence-corrected chi connectivity index (χ3v) is 6.92. The van der Waals surface area contributed by atoms with Gasteiger partial charge in [0, 0.05) is 5.92 Å². The van der Waals surface area contributed by atoms with Gasteiger partial charge in [0.25, 0.3) is 0 Å². The molecule has 2 aromatic rings. The Kier molecular flexibility index (Phi) is 7.02. The Labute approximate surface area is 199 Å². The number of aliphatic hydroxyl groups is 1. The molecule has 8 nitrogen and oxygen atoms in total. The molecule has 2 aromatic carbocycles. The second kappa shape index (κ2) is 9.46. The van der Waals surface area contributed by atoms with E-state index in [9.17, 15) is 24.6 Å². The summed E-state index contributed by atoms with van der Waals surface area (Å²) in [6.07, 6.45) is -1.96. The lowest BCUT2D eigenvalue weighted by Crippen LogP contribution is -2.62. The Morgan fingerprint density at radius 3 is 1.94 bits per heavy atom. The fourth-order valence-corrected chi connectivity index (χ4v) is 4.04. The highest BCUT2D eigenvalue weighted by Crippen LogP contribution is 2.44. The predicted molar refractivity (Wildman–Crippen MR) is 127 cm³/mol. The van der Waals surface area contributed by atoms with E-state index in [1.165, 1.54) is 6.92 Å². The molecule has 0 aliphatic heterocycles. The SMILES string of the molecule is CC(O)C(NC(=O)C(C)(C)C(C)(C)NC(=O)OCC1c2ccccc2-c2ccccc21)C(=O)O. The lowest BCUT2D eigenvalue weighted by atomic mass is 9.73. The Morgan fingerprint density at radius 2 is 1.47 bits per heavy atom. The van der Waals surface area contributed by atoms with Gasteiger partial charge in [-0.25, -0.2) is 9.59 Å². The highest BCUT2D eigenvalue weighted by atomic mass is 16.5. The first-order chi connectivity index (χ1) is 15.9. The summed E-state index contributed by atoms with van der Waals surface area (Å²) in [5.41, 5.74) is 2.11. The number of amides is 2. The average molecular weight is 469 g/mol. The Morgan fingerprint density at radius 1 is 0.971 bits per heavy atom. The van der Waals surface area contributed by atoms with E-state index in [2.05, 4.69) is 22.8 Å². The van der Waals surface area contributed by atoms with Crippen LogP contribution in [0.5, 0.6) is 0 Å². The fraction of sp³-hybridized carbons (Fsp3) is 0.423. The van der Waals surface area contributed by atoms with Crippen LogP contribution in [0.4, 0.5) is 4.79 Å². The van der Waals surface area contributed by atoms with Gasteiger partial charge in [-0.3, -0.25) is 4.79 Å². The van der Waals surface area contributed by atoms with E-state index in [-0.39, 0.29) is 12.5 Å². The maximum Gasteiger partial charge on any atom is 0.407 e. The highest BCUT2D eigenvalue weighted by Gasteiger charge is 2.46. The van der Waals surface area contributed by atoms with Crippen LogP contribution in [0.2, 0.25) is 0 Å². The van der Waals surface area contributed by atoms with Crippen molar-refractivity contribution in [2.45, 2.75) is 58.2 Å². The van der Waals surface area contributed by atoms with Gasteiger partial charge in [-0.2, -0.15) is 0 Å². The fourth-order valence-electron chi connectivity index (χ4n) is 4.04. The van der Waals surface area contributed by atoms with Crippen molar-refractivity contribution >= 4 is 18.0 Å². The van der Waals surface area contributed by atoms with Crippen molar-refractivity contribution in [2.75, 3.05) is 6.61 Å². The van der Waals surface area contributed by atoms with Crippen LogP contribution in [0, 0.1) is 5.41 Å². The summed E-state index contributed by atoms with van der Waals surface area (Å²) in [7, 11) is 0. The molecule has 0 radical (unpaired) electrons. The average Bonchev–Trinajstić information content (AvgIpc) is 3.08. The van der Waals surface area contributed by atoms with E-state index in [0.717, 1.165) is 22.3 Å². The molecule has 4 N–H and O–H groups in total. The van der Waals surface area contributed by atoms with Gasteiger partial charge in [0.15, 0.2) is 6.04 Å². The molecular weight excluding hydrogens is 436 g/mol. The van der Waals surface area contributed by atoms with Crippen LogP contribution in [0.1, 0.15) is 51.7 Å². The normalized spacial score (nSPS) is 15.0. The second-order valence-electron chi connectivity index (χ2n) is 9.73. The van der Waals surface area contributed by atoms with Crippen molar-refractivity contribution in [3.63, 3.8) is 0 Å². The first kappa shape index (κ1) is 25.2. The Balaban J connectivity index is 1.68. The molecule has 0 heterocycles. The second-order valence-corrected chi connectivity index (χ2v) is 9.73. The summed E-state index contributed by atoms with van der Waals surface area (Å²) in [4.78, 5) is 37.0. The Hall–Kier alpha value is -3.39. The number of carbonyl (C=O) groups is 3. The summed E-state index contributed by atoms with van der Waals surface area (Å²) in [5, 5.41) is 24.0. The number of hydrogen-bond acceptors (Lipinski definition) is 5. The third kappa shape index (κ3) is 4.77. The van der Waals surface area contributed by atoms with Crippen LogP contribution in [-0.2, 0) is 14.3 Å². The number of aliphatic carboxylic acids is 1. The number of ether oxygens (including phenoxy) is 1. The van der Waals surface area contributed by atoms with Crippen molar-refractivity contribution < 1.29 is 29.3 Å². The number of rotatable bonds is 8. The number of carboxylic acids is 1. The summed E-state index contributed by atoms with van der Waals surface area (Å²) < 4.78 is 5.59. The van der Waals surface area contributed by atoms with E-state index < -0.39 is 41.1 Å². The van der Waals surface area contributed by atoms with Crippen molar-refractivity contribution in [3.05, 3.63) is 59.7 Å². The number of aliphatic hydroxyl groups excluding tert-OH is 1. The molecule has 3 rings (SSSR count). The monoisotopic (exact) mass is 468 g/mol. The van der Waals surface area contributed by atoms with Crippen LogP contribution >= 0.6 is 0 Å². The molecule has 2 atom stereocenters. The number of hydrogen-bond donors (Lipinski definition) is 4. The number of nitrogens with one attached hydrogen (secondary N) is 2. The number of fused-ring (bicyclic) bond motifs is 3. The van der Waals surface area contributed by atoms with E-state index >= 15 is 0 Å². The summed E-state index contributed by atoms with van der Waals surface area (Å²) in [6, 6.07) is 14.6. The highest BCUT2D eigenvalue weighted by molar-refractivity contribution is 5.89. The molecule has 34 heavy (non-hydrogen) atoms. The van der Waals surface area contributed by atoms with Crippen LogP contribution in [-0.4, -0.2) is 52.5 Å². The zero-order valence-corrected chi connectivity index (χ0v) is 20.1. The minimum absolute atomic E-state index is 0.0973. The molecule has 8 heteroatoms. The van der Waals surface area contributed by atoms with Gasteiger partial charge in [-0.15, -0.1) is 0 Å². The van der Waals surface area contributed by atoms with Crippen molar-refractivity contribution in [2.24, 2.45) is 5.41 Å². The maximum absolute atomic E-state index is 12.9. The number of carbonyl (C=O) groups excluding carboxylic acids is 2. The first-order valence-corrected chi connectivity index (χ1v) is 11.2. The number of benzene rings is 2. The summed E-state index contributed by atoms with van der Waals surface area (Å²) in [5.74, 6) is -2.06. The van der Waals surface area contributed by atoms with Crippen molar-refractivity contribution in [1.29, 1.82) is 0 Å². The molecule has 0 saturated heterocycles. The number of alkyl carbamates (subject to hydrolysis) is 1. The minimum Gasteiger partial charge on any atom is -0.480 e. The van der Waals surface area contributed by atoms with Gasteiger partial charge >= 0.3 is 12.1 Å². The molecule has 2 unspecified atom stereocenters. The molecule has 0 spiro atoms. The van der Waals surface area contributed by atoms with E-state index in [4.69, 9.17) is 4.74 Å². The number of carboxylic acid groups (broad SMARTS) is 1. The van der Waals surface area contributed by atoms with E-state index in [1.54, 1.807) is 27.7 Å². The molecule has 1 aliphatic rings. The van der Waals surface area contributed by atoms with Crippen LogP contribution in [0.25, 0.3) is 11.1 Å². The molecule has 182 valence electrons. The van der Waals surface area contributed by atoms with Gasteiger partial charge in [0.1, 0.15) is 6.61 Å². The summed E-state index contributed by atoms with van der Waals surface area (Å²) in [6.45, 7) is 7.91. The Bertz CT molecular complexity index is 1050. The van der Waals surface area contributed by atoms with Crippen molar-refractivity contribution in [1.82, 2.24) is 10.6 Å². The standard InChI is InChI=1S/C26H32N2O6/c1-15(29)21(22(30)31)27-23(32)25(2,3)26(4,5)28-24(33)34-14-20-18-12-8-6-10-16(18)17-11-7-9-13-19(17)20/h6-13,15,20-21,29H,14H2,1-5H3,(H,27,32)(H,28,33)(H,30,31). The van der Waals surface area contributed by atoms with Gasteiger partial charge in [0.05, 0.1) is 17.1 Å². The molecule has 0 fully saturated rings. The first-order valence-electron chi connectivity index (χ1n) is 11.2. The molecule has 0 aromatic heterocycles. The van der Waals surface area contributed by atoms with Gasteiger partial charge in [-0.05, 0) is 56.9 Å². The molecule has 0 bridgehead atoms. The van der Waals surface area contributed by atoms with Crippen LogP contribution in [0.15, 0.2) is 48.5 Å². The van der Waals surface area contributed by atoms with Gasteiger partial charge < -0.3 is 25.6 Å². The summed E-state index contributed by atoms with van der Waals surface area (Å²) >= 11 is 0. The maximum atomic E-state index is 12.9. The van der Waals surface area contributed by atoms with E-state index in [1.807, 2.05) is 36.4 Å². The van der Waals surface area contributed by atoms with E-state index in [0.29, 0.717) is 0 Å². The largest absolute Gasteiger partial charge is 0.480 e. The topological polar surface area (TPSA) is 125 Å². The quantitative estimate of drug-likeness (QED) is 0.471. The zero-order valence-electron chi connectivity index (χ0n) is 20.1. The molecule has 1 aliphatic carbocycles.